The second-order valence-corrected chi connectivity index (χ2v) is 6.78. The van der Waals surface area contributed by atoms with Crippen LogP contribution >= 0.6 is 24.0 Å². The molecule has 1 aromatic heterocycles. The lowest BCUT2D eigenvalue weighted by Crippen LogP contribution is -2.39. The molecule has 1 heterocycles. The van der Waals surface area contributed by atoms with Gasteiger partial charge in [0.05, 0.1) is 6.54 Å². The lowest BCUT2D eigenvalue weighted by molar-refractivity contribution is 0.536. The fourth-order valence-corrected chi connectivity index (χ4v) is 2.56. The zero-order chi connectivity index (χ0) is 18.0. The summed E-state index contributed by atoms with van der Waals surface area (Å²) in [5, 5.41) is 14.4. The molecule has 0 saturated heterocycles. The number of hydrogen-bond acceptors (Lipinski definition) is 3. The molecule has 7 heteroatoms. The smallest absolute Gasteiger partial charge is 0.191 e. The second kappa shape index (κ2) is 11.9. The van der Waals surface area contributed by atoms with E-state index in [9.17, 15) is 0 Å². The minimum absolute atomic E-state index is 0. The van der Waals surface area contributed by atoms with Gasteiger partial charge in [-0.3, -0.25) is 4.99 Å². The summed E-state index contributed by atoms with van der Waals surface area (Å²) in [7, 11) is 0. The zero-order valence-corrected chi connectivity index (χ0v) is 18.3. The van der Waals surface area contributed by atoms with Crippen LogP contribution in [0.3, 0.4) is 0 Å². The van der Waals surface area contributed by atoms with Gasteiger partial charge in [-0.05, 0) is 25.3 Å². The number of hydrogen-bond donors (Lipinski definition) is 2. The van der Waals surface area contributed by atoms with Gasteiger partial charge in [0.25, 0.3) is 0 Å². The molecule has 0 fully saturated rings. The van der Waals surface area contributed by atoms with E-state index in [0.717, 1.165) is 45.0 Å². The van der Waals surface area contributed by atoms with Crippen LogP contribution in [-0.2, 0) is 12.0 Å². The van der Waals surface area contributed by atoms with Crippen LogP contribution in [0.5, 0.6) is 0 Å². The molecular formula is C19H31IN6. The molecule has 1 aromatic carbocycles. The molecule has 2 aromatic rings. The van der Waals surface area contributed by atoms with Gasteiger partial charge < -0.3 is 15.2 Å². The second-order valence-electron chi connectivity index (χ2n) is 6.78. The van der Waals surface area contributed by atoms with E-state index >= 15 is 0 Å². The van der Waals surface area contributed by atoms with Crippen molar-refractivity contribution in [3.8, 4) is 0 Å². The fourth-order valence-electron chi connectivity index (χ4n) is 2.56. The maximum atomic E-state index is 4.78. The van der Waals surface area contributed by atoms with Gasteiger partial charge in [0, 0.05) is 25.0 Å². The molecule has 0 unspecified atom stereocenters. The molecule has 2 N–H and O–H groups in total. The lowest BCUT2D eigenvalue weighted by Gasteiger charge is -2.24. The molecular weight excluding hydrogens is 439 g/mol. The van der Waals surface area contributed by atoms with Gasteiger partial charge in [-0.2, -0.15) is 0 Å². The van der Waals surface area contributed by atoms with Crippen molar-refractivity contribution in [1.29, 1.82) is 0 Å². The van der Waals surface area contributed by atoms with Gasteiger partial charge in [0.15, 0.2) is 5.96 Å². The first-order valence-corrected chi connectivity index (χ1v) is 9.02. The molecule has 144 valence electrons. The van der Waals surface area contributed by atoms with Gasteiger partial charge in [0.2, 0.25) is 0 Å². The van der Waals surface area contributed by atoms with Gasteiger partial charge in [0.1, 0.15) is 12.7 Å². The largest absolute Gasteiger partial charge is 0.357 e. The molecule has 0 aliphatic carbocycles. The molecule has 0 spiro atoms. The highest BCUT2D eigenvalue weighted by Crippen LogP contribution is 2.22. The van der Waals surface area contributed by atoms with Crippen LogP contribution in [0.15, 0.2) is 48.0 Å². The molecule has 0 aliphatic rings. The fraction of sp³-hybridized carbons (Fsp3) is 0.526. The first-order chi connectivity index (χ1) is 12.1. The summed E-state index contributed by atoms with van der Waals surface area (Å²) < 4.78 is 2.00. The monoisotopic (exact) mass is 470 g/mol. The van der Waals surface area contributed by atoms with Gasteiger partial charge in [-0.15, -0.1) is 34.2 Å². The normalized spacial score (nSPS) is 11.7. The predicted molar refractivity (Wildman–Crippen MR) is 118 cm³/mol. The van der Waals surface area contributed by atoms with E-state index < -0.39 is 0 Å². The van der Waals surface area contributed by atoms with Crippen molar-refractivity contribution >= 4 is 29.9 Å². The third-order valence-electron chi connectivity index (χ3n) is 4.13. The minimum atomic E-state index is 0. The average Bonchev–Trinajstić information content (AvgIpc) is 3.13. The molecule has 0 bridgehead atoms. The number of benzene rings is 1. The highest BCUT2D eigenvalue weighted by Gasteiger charge is 2.19. The molecule has 0 radical (unpaired) electrons. The van der Waals surface area contributed by atoms with E-state index in [-0.39, 0.29) is 29.4 Å². The van der Waals surface area contributed by atoms with Crippen molar-refractivity contribution in [2.45, 2.75) is 45.6 Å². The molecule has 2 rings (SSSR count). The number of guanidine groups is 1. The Morgan fingerprint density at radius 2 is 1.77 bits per heavy atom. The van der Waals surface area contributed by atoms with E-state index in [1.54, 1.807) is 12.7 Å². The molecule has 6 nitrogen and oxygen atoms in total. The first kappa shape index (κ1) is 22.4. The van der Waals surface area contributed by atoms with Crippen molar-refractivity contribution in [3.63, 3.8) is 0 Å². The van der Waals surface area contributed by atoms with Gasteiger partial charge in [-0.1, -0.05) is 44.2 Å². The highest BCUT2D eigenvalue weighted by atomic mass is 127. The van der Waals surface area contributed by atoms with Crippen molar-refractivity contribution in [3.05, 3.63) is 48.5 Å². The zero-order valence-electron chi connectivity index (χ0n) is 16.0. The third kappa shape index (κ3) is 7.72. The van der Waals surface area contributed by atoms with Crippen molar-refractivity contribution in [2.24, 2.45) is 4.99 Å². The number of aliphatic imine (C=N–C) groups is 1. The number of rotatable bonds is 9. The van der Waals surface area contributed by atoms with Crippen LogP contribution in [0.4, 0.5) is 0 Å². The Kier molecular flexibility index (Phi) is 10.2. The maximum Gasteiger partial charge on any atom is 0.191 e. The Hall–Kier alpha value is -1.64. The molecule has 0 amide bonds. The lowest BCUT2D eigenvalue weighted by atomic mass is 9.85. The number of nitrogens with zero attached hydrogens (tertiary/aromatic N) is 4. The standard InChI is InChI=1S/C19H30N6.HI/c1-4-20-18(21-12-8-9-13-25-15-23-24-16-25)22-14-19(2,3)17-10-6-5-7-11-17;/h5-7,10-11,15-16H,4,8-9,12-14H2,1-3H3,(H2,20,21,22);1H. The Labute approximate surface area is 173 Å². The minimum Gasteiger partial charge on any atom is -0.357 e. The molecule has 26 heavy (non-hydrogen) atoms. The number of aromatic nitrogens is 3. The van der Waals surface area contributed by atoms with Gasteiger partial charge in [-0.25, -0.2) is 0 Å². The number of aryl methyl sites for hydroxylation is 1. The number of unbranched alkanes of at least 4 members (excludes halogenated alkanes) is 1. The van der Waals surface area contributed by atoms with Crippen molar-refractivity contribution < 1.29 is 0 Å². The van der Waals surface area contributed by atoms with E-state index in [2.05, 4.69) is 65.9 Å². The van der Waals surface area contributed by atoms with Crippen LogP contribution in [-0.4, -0.2) is 40.4 Å². The maximum absolute atomic E-state index is 4.78. The Bertz CT molecular complexity index is 625. The van der Waals surface area contributed by atoms with Gasteiger partial charge >= 0.3 is 0 Å². The van der Waals surface area contributed by atoms with Crippen LogP contribution < -0.4 is 10.6 Å². The summed E-state index contributed by atoms with van der Waals surface area (Å²) >= 11 is 0. The van der Waals surface area contributed by atoms with Crippen LogP contribution in [0.25, 0.3) is 0 Å². The number of nitrogens with one attached hydrogen (secondary N) is 2. The highest BCUT2D eigenvalue weighted by molar-refractivity contribution is 14.0. The average molecular weight is 470 g/mol. The summed E-state index contributed by atoms with van der Waals surface area (Å²) in [6.45, 7) is 10.0. The molecule has 0 saturated carbocycles. The van der Waals surface area contributed by atoms with E-state index in [0.29, 0.717) is 0 Å². The Balaban J connectivity index is 0.00000338. The Morgan fingerprint density at radius 3 is 2.42 bits per heavy atom. The number of halogens is 1. The van der Waals surface area contributed by atoms with E-state index in [1.165, 1.54) is 5.56 Å². The van der Waals surface area contributed by atoms with Crippen molar-refractivity contribution in [1.82, 2.24) is 25.4 Å². The summed E-state index contributed by atoms with van der Waals surface area (Å²) in [6.07, 6.45) is 5.67. The Morgan fingerprint density at radius 1 is 1.08 bits per heavy atom. The van der Waals surface area contributed by atoms with Crippen LogP contribution in [0, 0.1) is 0 Å². The molecule has 0 aliphatic heterocycles. The third-order valence-corrected chi connectivity index (χ3v) is 4.13. The van der Waals surface area contributed by atoms with Crippen LogP contribution in [0.2, 0.25) is 0 Å². The summed E-state index contributed by atoms with van der Waals surface area (Å²) in [4.78, 5) is 4.78. The first-order valence-electron chi connectivity index (χ1n) is 9.02. The van der Waals surface area contributed by atoms with Crippen molar-refractivity contribution in [2.75, 3.05) is 19.6 Å². The predicted octanol–water partition coefficient (Wildman–Crippen LogP) is 3.21. The van der Waals surface area contributed by atoms with E-state index in [4.69, 9.17) is 4.99 Å². The SMILES string of the molecule is CCNC(=NCC(C)(C)c1ccccc1)NCCCCn1cnnc1.I. The summed E-state index contributed by atoms with van der Waals surface area (Å²) in [6, 6.07) is 10.6. The van der Waals surface area contributed by atoms with E-state index in [1.807, 2.05) is 10.6 Å². The molecule has 0 atom stereocenters. The van der Waals surface area contributed by atoms with Crippen LogP contribution in [0.1, 0.15) is 39.2 Å². The quantitative estimate of drug-likeness (QED) is 0.256. The topological polar surface area (TPSA) is 67.1 Å². The summed E-state index contributed by atoms with van der Waals surface area (Å²) in [5.74, 6) is 0.885. The summed E-state index contributed by atoms with van der Waals surface area (Å²) in [5.41, 5.74) is 1.32.